The van der Waals surface area contributed by atoms with Gasteiger partial charge in [0.1, 0.15) is 11.6 Å². The molecule has 33 heavy (non-hydrogen) atoms. The standard InChI is InChI=1S/C25H29N5O2S/c1-3-19-7-4-5-10-22(19)27-24(31)18-33-25-26-12-11-23(28-25)30-15-13-29(14-16-30)20-8-6-9-21(17-20)32-2/h4-12,17H,3,13-16,18H2,1-2H3,(H,27,31). The Morgan fingerprint density at radius 1 is 1.06 bits per heavy atom. The van der Waals surface area contributed by atoms with E-state index in [0.29, 0.717) is 5.16 Å². The molecule has 1 N–H and O–H groups in total. The third-order valence-corrected chi connectivity index (χ3v) is 6.51. The number of benzene rings is 2. The molecular weight excluding hydrogens is 434 g/mol. The van der Waals surface area contributed by atoms with Gasteiger partial charge in [0.05, 0.1) is 12.9 Å². The monoisotopic (exact) mass is 463 g/mol. The van der Waals surface area contributed by atoms with E-state index in [-0.39, 0.29) is 11.7 Å². The van der Waals surface area contributed by atoms with E-state index in [0.717, 1.165) is 55.4 Å². The number of nitrogens with zero attached hydrogens (tertiary/aromatic N) is 4. The van der Waals surface area contributed by atoms with E-state index in [1.807, 2.05) is 42.5 Å². The quantitative estimate of drug-likeness (QED) is 0.398. The van der Waals surface area contributed by atoms with Crippen LogP contribution in [0.1, 0.15) is 12.5 Å². The van der Waals surface area contributed by atoms with Crippen LogP contribution in [-0.2, 0) is 11.2 Å². The Hall–Kier alpha value is -3.26. The Bertz CT molecular complexity index is 1090. The molecule has 172 valence electrons. The molecule has 4 rings (SSSR count). The van der Waals surface area contributed by atoms with Crippen molar-refractivity contribution in [1.29, 1.82) is 0 Å². The molecule has 1 aliphatic rings. The molecule has 3 aromatic rings. The first kappa shape index (κ1) is 22.9. The molecule has 0 atom stereocenters. The van der Waals surface area contributed by atoms with Gasteiger partial charge in [0.25, 0.3) is 0 Å². The number of anilines is 3. The Labute approximate surface area is 199 Å². The van der Waals surface area contributed by atoms with E-state index in [1.165, 1.54) is 17.4 Å². The number of aromatic nitrogens is 2. The second-order valence-corrected chi connectivity index (χ2v) is 8.66. The predicted molar refractivity (Wildman–Crippen MR) is 135 cm³/mol. The van der Waals surface area contributed by atoms with Crippen LogP contribution >= 0.6 is 11.8 Å². The Kier molecular flexibility index (Phi) is 7.67. The van der Waals surface area contributed by atoms with Gasteiger partial charge in [0, 0.05) is 49.8 Å². The van der Waals surface area contributed by atoms with Gasteiger partial charge >= 0.3 is 0 Å². The molecular formula is C25H29N5O2S. The minimum atomic E-state index is -0.0539. The number of piperazine rings is 1. The zero-order valence-electron chi connectivity index (χ0n) is 19.0. The molecule has 8 heteroatoms. The maximum atomic E-state index is 12.4. The third kappa shape index (κ3) is 5.96. The number of carbonyl (C=O) groups is 1. The van der Waals surface area contributed by atoms with Crippen molar-refractivity contribution < 1.29 is 9.53 Å². The van der Waals surface area contributed by atoms with Crippen LogP contribution in [0.15, 0.2) is 66.0 Å². The Morgan fingerprint density at radius 2 is 1.85 bits per heavy atom. The maximum Gasteiger partial charge on any atom is 0.234 e. The molecule has 0 radical (unpaired) electrons. The number of ether oxygens (including phenoxy) is 1. The molecule has 7 nitrogen and oxygen atoms in total. The van der Waals surface area contributed by atoms with E-state index in [2.05, 4.69) is 39.2 Å². The van der Waals surface area contributed by atoms with E-state index in [4.69, 9.17) is 9.72 Å². The summed E-state index contributed by atoms with van der Waals surface area (Å²) in [6.45, 7) is 5.62. The molecule has 2 aromatic carbocycles. The van der Waals surface area contributed by atoms with Crippen molar-refractivity contribution in [2.45, 2.75) is 18.5 Å². The molecule has 1 fully saturated rings. The lowest BCUT2D eigenvalue weighted by Crippen LogP contribution is -2.46. The molecule has 0 aliphatic carbocycles. The van der Waals surface area contributed by atoms with Crippen molar-refractivity contribution in [3.63, 3.8) is 0 Å². The number of hydrogen-bond donors (Lipinski definition) is 1. The fourth-order valence-electron chi connectivity index (χ4n) is 3.85. The first-order chi connectivity index (χ1) is 16.2. The van der Waals surface area contributed by atoms with Gasteiger partial charge in [0.15, 0.2) is 5.16 Å². The summed E-state index contributed by atoms with van der Waals surface area (Å²) in [4.78, 5) is 26.1. The topological polar surface area (TPSA) is 70.6 Å². The fraction of sp³-hybridized carbons (Fsp3) is 0.320. The van der Waals surface area contributed by atoms with Gasteiger partial charge < -0.3 is 19.9 Å². The molecule has 0 spiro atoms. The number of carbonyl (C=O) groups excluding carboxylic acids is 1. The van der Waals surface area contributed by atoms with Crippen LogP contribution in [0.3, 0.4) is 0 Å². The molecule has 1 amide bonds. The highest BCUT2D eigenvalue weighted by Gasteiger charge is 2.19. The van der Waals surface area contributed by atoms with Crippen LogP contribution in [-0.4, -0.2) is 54.9 Å². The van der Waals surface area contributed by atoms with Gasteiger partial charge in [-0.15, -0.1) is 0 Å². The van der Waals surface area contributed by atoms with Crippen LogP contribution in [0.25, 0.3) is 0 Å². The smallest absolute Gasteiger partial charge is 0.234 e. The number of aryl methyl sites for hydroxylation is 1. The average molecular weight is 464 g/mol. The van der Waals surface area contributed by atoms with E-state index < -0.39 is 0 Å². The van der Waals surface area contributed by atoms with Gasteiger partial charge in [-0.2, -0.15) is 0 Å². The summed E-state index contributed by atoms with van der Waals surface area (Å²) in [5, 5.41) is 3.61. The number of amides is 1. The summed E-state index contributed by atoms with van der Waals surface area (Å²) < 4.78 is 5.35. The summed E-state index contributed by atoms with van der Waals surface area (Å²) in [5.41, 5.74) is 3.17. The van der Waals surface area contributed by atoms with Crippen molar-refractivity contribution in [2.24, 2.45) is 0 Å². The second-order valence-electron chi connectivity index (χ2n) is 7.72. The van der Waals surface area contributed by atoms with Crippen LogP contribution in [0.2, 0.25) is 0 Å². The summed E-state index contributed by atoms with van der Waals surface area (Å²) in [5.74, 6) is 1.98. The number of para-hydroxylation sites is 1. The molecule has 0 bridgehead atoms. The predicted octanol–water partition coefficient (Wildman–Crippen LogP) is 4.11. The third-order valence-electron chi connectivity index (χ3n) is 5.65. The molecule has 2 heterocycles. The van der Waals surface area contributed by atoms with Gasteiger partial charge in [0.2, 0.25) is 5.91 Å². The highest BCUT2D eigenvalue weighted by molar-refractivity contribution is 7.99. The Morgan fingerprint density at radius 3 is 2.64 bits per heavy atom. The van der Waals surface area contributed by atoms with Crippen LogP contribution in [0, 0.1) is 0 Å². The van der Waals surface area contributed by atoms with E-state index in [9.17, 15) is 4.79 Å². The lowest BCUT2D eigenvalue weighted by molar-refractivity contribution is -0.113. The molecule has 0 saturated carbocycles. The maximum absolute atomic E-state index is 12.4. The number of rotatable bonds is 8. The number of methoxy groups -OCH3 is 1. The summed E-state index contributed by atoms with van der Waals surface area (Å²) in [6, 6.07) is 18.0. The highest BCUT2D eigenvalue weighted by atomic mass is 32.2. The summed E-state index contributed by atoms with van der Waals surface area (Å²) in [7, 11) is 1.69. The number of hydrogen-bond acceptors (Lipinski definition) is 7. The van der Waals surface area contributed by atoms with Gasteiger partial charge in [-0.1, -0.05) is 43.0 Å². The average Bonchev–Trinajstić information content (AvgIpc) is 2.88. The van der Waals surface area contributed by atoms with Crippen molar-refractivity contribution in [3.05, 3.63) is 66.4 Å². The normalized spacial score (nSPS) is 13.6. The largest absolute Gasteiger partial charge is 0.497 e. The zero-order valence-corrected chi connectivity index (χ0v) is 19.8. The van der Waals surface area contributed by atoms with Gasteiger partial charge in [-0.05, 0) is 36.2 Å². The van der Waals surface area contributed by atoms with Crippen molar-refractivity contribution in [3.8, 4) is 5.75 Å². The molecule has 0 unspecified atom stereocenters. The lowest BCUT2D eigenvalue weighted by atomic mass is 10.1. The minimum Gasteiger partial charge on any atom is -0.497 e. The number of thioether (sulfide) groups is 1. The lowest BCUT2D eigenvalue weighted by Gasteiger charge is -2.36. The van der Waals surface area contributed by atoms with E-state index in [1.54, 1.807) is 13.3 Å². The van der Waals surface area contributed by atoms with Gasteiger partial charge in [-0.25, -0.2) is 9.97 Å². The summed E-state index contributed by atoms with van der Waals surface area (Å²) >= 11 is 1.36. The Balaban J connectivity index is 1.31. The van der Waals surface area contributed by atoms with Crippen molar-refractivity contribution in [2.75, 3.05) is 54.2 Å². The molecule has 1 aliphatic heterocycles. The van der Waals surface area contributed by atoms with Crippen LogP contribution < -0.4 is 19.9 Å². The molecule has 1 aromatic heterocycles. The van der Waals surface area contributed by atoms with Crippen molar-refractivity contribution in [1.82, 2.24) is 9.97 Å². The molecule has 1 saturated heterocycles. The second kappa shape index (κ2) is 11.0. The van der Waals surface area contributed by atoms with E-state index >= 15 is 0 Å². The highest BCUT2D eigenvalue weighted by Crippen LogP contribution is 2.24. The summed E-state index contributed by atoms with van der Waals surface area (Å²) in [6.07, 6.45) is 2.64. The minimum absolute atomic E-state index is 0.0539. The first-order valence-corrected chi connectivity index (χ1v) is 12.1. The first-order valence-electron chi connectivity index (χ1n) is 11.1. The van der Waals surface area contributed by atoms with Crippen LogP contribution in [0.4, 0.5) is 17.2 Å². The zero-order chi connectivity index (χ0) is 23.0. The van der Waals surface area contributed by atoms with Gasteiger partial charge in [-0.3, -0.25) is 4.79 Å². The number of nitrogens with one attached hydrogen (secondary N) is 1. The fourth-order valence-corrected chi connectivity index (χ4v) is 4.47. The SMILES string of the molecule is CCc1ccccc1NC(=O)CSc1nccc(N2CCN(c3cccc(OC)c3)CC2)n1. The van der Waals surface area contributed by atoms with Crippen LogP contribution in [0.5, 0.6) is 5.75 Å². The van der Waals surface area contributed by atoms with Crippen molar-refractivity contribution >= 4 is 34.9 Å².